The van der Waals surface area contributed by atoms with E-state index >= 15 is 0 Å². The predicted octanol–water partition coefficient (Wildman–Crippen LogP) is 1.59. The zero-order valence-electron chi connectivity index (χ0n) is 13.4. The summed E-state index contributed by atoms with van der Waals surface area (Å²) < 4.78 is 5.39. The lowest BCUT2D eigenvalue weighted by molar-refractivity contribution is -0.138. The van der Waals surface area contributed by atoms with Gasteiger partial charge in [0.2, 0.25) is 0 Å². The van der Waals surface area contributed by atoms with Gasteiger partial charge in [-0.15, -0.1) is 0 Å². The molecule has 6 heteroatoms. The van der Waals surface area contributed by atoms with Crippen molar-refractivity contribution < 1.29 is 19.4 Å². The molecule has 4 aliphatic rings. The number of carboxylic acids is 1. The fourth-order valence-electron chi connectivity index (χ4n) is 5.72. The molecule has 1 spiro atoms. The van der Waals surface area contributed by atoms with E-state index in [1.807, 2.05) is 0 Å². The van der Waals surface area contributed by atoms with Gasteiger partial charge >= 0.3 is 12.1 Å². The number of hydrogen-bond donors (Lipinski definition) is 3. The maximum absolute atomic E-state index is 11.7. The fourth-order valence-corrected chi connectivity index (χ4v) is 5.72. The van der Waals surface area contributed by atoms with E-state index in [1.165, 1.54) is 19.3 Å². The van der Waals surface area contributed by atoms with Crippen LogP contribution in [0.1, 0.15) is 38.5 Å². The van der Waals surface area contributed by atoms with Crippen LogP contribution >= 0.6 is 0 Å². The van der Waals surface area contributed by atoms with Crippen LogP contribution in [-0.2, 0) is 9.53 Å². The molecule has 0 heterocycles. The number of alkyl carbamates (subject to hydrolysis) is 1. The van der Waals surface area contributed by atoms with E-state index in [-0.39, 0.29) is 6.09 Å². The molecule has 0 aromatic carbocycles. The maximum atomic E-state index is 11.7. The van der Waals surface area contributed by atoms with Crippen molar-refractivity contribution in [2.24, 2.45) is 40.7 Å². The van der Waals surface area contributed by atoms with Crippen LogP contribution in [0.2, 0.25) is 0 Å². The number of aliphatic carboxylic acids is 1. The van der Waals surface area contributed by atoms with E-state index in [0.29, 0.717) is 37.3 Å². The lowest BCUT2D eigenvalue weighted by atomic mass is 9.71. The molecule has 0 aliphatic heterocycles. The van der Waals surface area contributed by atoms with Crippen LogP contribution in [0.15, 0.2) is 0 Å². The summed E-state index contributed by atoms with van der Waals surface area (Å²) in [5.74, 6) is 3.46. The standard InChI is InChI=1S/C17H26N2O4/c18-14(15(20)21)3-1-2-4-19-16(22)23-8-9-5-11-10-6-12(10)17(11)7-13(9)17/h9-14H,1-8,18H2,(H,19,22)(H,20,21)/t9?,10?,11?,12?,13?,14-,17?/m0/s1. The first-order chi connectivity index (χ1) is 11.0. The number of carboxylic acid groups (broad SMARTS) is 1. The third-order valence-electron chi connectivity index (χ3n) is 6.92. The van der Waals surface area contributed by atoms with Gasteiger partial charge in [-0.25, -0.2) is 4.79 Å². The Hall–Kier alpha value is -1.30. The third kappa shape index (κ3) is 2.42. The van der Waals surface area contributed by atoms with Crippen LogP contribution in [-0.4, -0.2) is 36.4 Å². The van der Waals surface area contributed by atoms with E-state index in [2.05, 4.69) is 5.32 Å². The van der Waals surface area contributed by atoms with Crippen molar-refractivity contribution in [3.63, 3.8) is 0 Å². The van der Waals surface area contributed by atoms with Crippen LogP contribution in [0.25, 0.3) is 0 Å². The summed E-state index contributed by atoms with van der Waals surface area (Å²) >= 11 is 0. The Kier molecular flexibility index (Phi) is 3.55. The molecule has 23 heavy (non-hydrogen) atoms. The predicted molar refractivity (Wildman–Crippen MR) is 82.5 cm³/mol. The van der Waals surface area contributed by atoms with Gasteiger partial charge in [0.05, 0.1) is 6.61 Å². The Bertz CT molecular complexity index is 525. The Morgan fingerprint density at radius 2 is 2.04 bits per heavy atom. The summed E-state index contributed by atoms with van der Waals surface area (Å²) in [5, 5.41) is 11.4. The van der Waals surface area contributed by atoms with Crippen molar-refractivity contribution in [1.82, 2.24) is 5.32 Å². The van der Waals surface area contributed by atoms with E-state index in [9.17, 15) is 9.59 Å². The van der Waals surface area contributed by atoms with Gasteiger partial charge in [-0.3, -0.25) is 4.79 Å². The van der Waals surface area contributed by atoms with Crippen LogP contribution in [0.3, 0.4) is 0 Å². The second-order valence-corrected chi connectivity index (χ2v) is 8.00. The first-order valence-corrected chi connectivity index (χ1v) is 8.93. The normalized spacial score (nSPS) is 42.6. The molecule has 0 aromatic heterocycles. The number of carbonyl (C=O) groups is 2. The number of hydrogen-bond acceptors (Lipinski definition) is 4. The molecule has 4 aliphatic carbocycles. The Morgan fingerprint density at radius 1 is 1.26 bits per heavy atom. The van der Waals surface area contributed by atoms with Gasteiger partial charge < -0.3 is 20.9 Å². The Morgan fingerprint density at radius 3 is 2.78 bits per heavy atom. The van der Waals surface area contributed by atoms with E-state index in [0.717, 1.165) is 30.1 Å². The molecule has 4 rings (SSSR count). The molecular weight excluding hydrogens is 296 g/mol. The van der Waals surface area contributed by atoms with Crippen LogP contribution in [0.5, 0.6) is 0 Å². The zero-order chi connectivity index (χ0) is 16.2. The third-order valence-corrected chi connectivity index (χ3v) is 6.92. The minimum atomic E-state index is -0.974. The molecule has 6 nitrogen and oxygen atoms in total. The topological polar surface area (TPSA) is 102 Å². The first kappa shape index (κ1) is 15.2. The highest BCUT2D eigenvalue weighted by Gasteiger charge is 2.84. The number of carbonyl (C=O) groups excluding carboxylic acids is 1. The highest BCUT2D eigenvalue weighted by Crippen LogP contribution is 2.89. The highest BCUT2D eigenvalue weighted by atomic mass is 16.5. The van der Waals surface area contributed by atoms with E-state index in [4.69, 9.17) is 15.6 Å². The number of rotatable bonds is 8. The second-order valence-electron chi connectivity index (χ2n) is 8.00. The van der Waals surface area contributed by atoms with Crippen LogP contribution in [0.4, 0.5) is 4.79 Å². The van der Waals surface area contributed by atoms with Crippen molar-refractivity contribution in [3.05, 3.63) is 0 Å². The molecule has 4 N–H and O–H groups in total. The van der Waals surface area contributed by atoms with Crippen LogP contribution in [0, 0.1) is 35.0 Å². The summed E-state index contributed by atoms with van der Waals surface area (Å²) in [6.45, 7) is 1.08. The largest absolute Gasteiger partial charge is 0.480 e. The van der Waals surface area contributed by atoms with Gasteiger partial charge in [0.25, 0.3) is 0 Å². The minimum Gasteiger partial charge on any atom is -0.480 e. The van der Waals surface area contributed by atoms with Gasteiger partial charge in [0.1, 0.15) is 6.04 Å². The van der Waals surface area contributed by atoms with Gasteiger partial charge in [0, 0.05) is 6.54 Å². The number of amides is 1. The summed E-state index contributed by atoms with van der Waals surface area (Å²) in [6, 6.07) is -0.809. The van der Waals surface area contributed by atoms with Crippen molar-refractivity contribution in [2.45, 2.75) is 44.6 Å². The molecule has 0 aromatic rings. The zero-order valence-corrected chi connectivity index (χ0v) is 13.4. The summed E-state index contributed by atoms with van der Waals surface area (Å²) in [4.78, 5) is 22.3. The lowest BCUT2D eigenvalue weighted by Crippen LogP contribution is -2.31. The number of ether oxygens (including phenoxy) is 1. The lowest BCUT2D eigenvalue weighted by Gasteiger charge is -2.33. The van der Waals surface area contributed by atoms with Crippen molar-refractivity contribution >= 4 is 12.1 Å². The molecule has 0 bridgehead atoms. The van der Waals surface area contributed by atoms with Gasteiger partial charge in [-0.1, -0.05) is 0 Å². The summed E-state index contributed by atoms with van der Waals surface area (Å²) in [5.41, 5.74) is 6.13. The monoisotopic (exact) mass is 322 g/mol. The first-order valence-electron chi connectivity index (χ1n) is 8.93. The van der Waals surface area contributed by atoms with Crippen molar-refractivity contribution in [1.29, 1.82) is 0 Å². The molecule has 0 radical (unpaired) electrons. The van der Waals surface area contributed by atoms with E-state index < -0.39 is 12.0 Å². The smallest absolute Gasteiger partial charge is 0.407 e. The second kappa shape index (κ2) is 5.36. The number of nitrogens with one attached hydrogen (secondary N) is 1. The van der Waals surface area contributed by atoms with Crippen LogP contribution < -0.4 is 11.1 Å². The molecule has 0 saturated heterocycles. The molecule has 6 unspecified atom stereocenters. The maximum Gasteiger partial charge on any atom is 0.407 e. The summed E-state index contributed by atoms with van der Waals surface area (Å²) in [6.07, 6.45) is 5.63. The van der Waals surface area contributed by atoms with Gasteiger partial charge in [-0.05, 0) is 73.5 Å². The number of nitrogens with two attached hydrogens (primary N) is 1. The van der Waals surface area contributed by atoms with Crippen molar-refractivity contribution in [3.8, 4) is 0 Å². The fraction of sp³-hybridized carbons (Fsp3) is 0.882. The summed E-state index contributed by atoms with van der Waals surface area (Å²) in [7, 11) is 0. The molecule has 4 fully saturated rings. The van der Waals surface area contributed by atoms with Gasteiger partial charge in [0.15, 0.2) is 0 Å². The number of unbranched alkanes of at least 4 members (excludes halogenated alkanes) is 1. The molecule has 4 saturated carbocycles. The quantitative estimate of drug-likeness (QED) is 0.589. The SMILES string of the molecule is N[C@@H](CCCCNC(=O)OCC1CC2C3CC3C23CC13)C(=O)O. The van der Waals surface area contributed by atoms with Gasteiger partial charge in [-0.2, -0.15) is 0 Å². The average Bonchev–Trinajstić information content (AvgIpc) is 3.39. The Balaban J connectivity index is 1.07. The highest BCUT2D eigenvalue weighted by molar-refractivity contribution is 5.72. The van der Waals surface area contributed by atoms with Crippen molar-refractivity contribution in [2.75, 3.05) is 13.2 Å². The molecule has 1 amide bonds. The Labute approximate surface area is 136 Å². The molecule has 7 atom stereocenters. The average molecular weight is 322 g/mol. The molecular formula is C17H26N2O4. The van der Waals surface area contributed by atoms with E-state index in [1.54, 1.807) is 0 Å². The minimum absolute atomic E-state index is 0.341. The number of fused-ring (bicyclic) bond motifs is 2. The molecule has 128 valence electrons.